The van der Waals surface area contributed by atoms with Gasteiger partial charge in [0.15, 0.2) is 0 Å². The lowest BCUT2D eigenvalue weighted by Gasteiger charge is -2.26. The number of anilines is 1. The van der Waals surface area contributed by atoms with Crippen molar-refractivity contribution in [1.29, 1.82) is 0 Å². The summed E-state index contributed by atoms with van der Waals surface area (Å²) in [5, 5.41) is 3.68. The normalized spacial score (nSPS) is 19.6. The van der Waals surface area contributed by atoms with Crippen LogP contribution in [0.25, 0.3) is 0 Å². The van der Waals surface area contributed by atoms with E-state index in [2.05, 4.69) is 5.32 Å². The summed E-state index contributed by atoms with van der Waals surface area (Å²) in [4.78, 5) is 12.4. The summed E-state index contributed by atoms with van der Waals surface area (Å²) in [5.41, 5.74) is 0.363. The van der Waals surface area contributed by atoms with Crippen molar-refractivity contribution in [2.75, 3.05) is 24.2 Å². The molecule has 0 unspecified atom stereocenters. The highest BCUT2D eigenvalue weighted by Crippen LogP contribution is 2.31. The second-order valence-electron chi connectivity index (χ2n) is 6.87. The average molecular weight is 417 g/mol. The number of carbonyl (C=O) groups excluding carboxylic acids is 1. The van der Waals surface area contributed by atoms with Gasteiger partial charge < -0.3 is 5.32 Å². The first-order valence-electron chi connectivity index (χ1n) is 9.18. The van der Waals surface area contributed by atoms with Crippen molar-refractivity contribution in [2.24, 2.45) is 0 Å². The molecule has 3 rings (SSSR count). The molecule has 1 heterocycles. The topological polar surface area (TPSA) is 66.5 Å². The number of thioether (sulfide) groups is 1. The molecule has 0 aromatic heterocycles. The van der Waals surface area contributed by atoms with Gasteiger partial charge in [-0.15, -0.1) is 11.8 Å². The zero-order chi connectivity index (χ0) is 18.6. The molecule has 1 amide bonds. The molecule has 0 bridgehead atoms. The van der Waals surface area contributed by atoms with E-state index in [0.717, 1.165) is 19.3 Å². The fourth-order valence-electron chi connectivity index (χ4n) is 3.45. The third kappa shape index (κ3) is 4.94. The standard InChI is InChI=1S/C18H25ClN2O3S2/c19-16-9-8-15(26(23,24)21-10-4-1-5-11-21)12-17(16)20-18(22)13-25-14-6-2-3-7-14/h8-9,12,14H,1-7,10-11,13H2,(H,20,22). The molecule has 5 nitrogen and oxygen atoms in total. The Labute approximate surface area is 164 Å². The number of nitrogens with one attached hydrogen (secondary N) is 1. The van der Waals surface area contributed by atoms with Crippen molar-refractivity contribution >= 4 is 45.0 Å². The smallest absolute Gasteiger partial charge is 0.243 e. The van der Waals surface area contributed by atoms with Gasteiger partial charge in [-0.25, -0.2) is 8.42 Å². The minimum Gasteiger partial charge on any atom is -0.324 e. The van der Waals surface area contributed by atoms with Gasteiger partial charge in [0, 0.05) is 18.3 Å². The first-order valence-corrected chi connectivity index (χ1v) is 12.0. The largest absolute Gasteiger partial charge is 0.324 e. The van der Waals surface area contributed by atoms with Crippen molar-refractivity contribution < 1.29 is 13.2 Å². The Kier molecular flexibility index (Phi) is 6.88. The van der Waals surface area contributed by atoms with Crippen LogP contribution in [0.5, 0.6) is 0 Å². The molecule has 1 aromatic rings. The molecule has 1 saturated heterocycles. The predicted octanol–water partition coefficient (Wildman–Crippen LogP) is 4.13. The molecular formula is C18H25ClN2O3S2. The Bertz CT molecular complexity index is 743. The highest BCUT2D eigenvalue weighted by Gasteiger charge is 2.26. The fraction of sp³-hybridized carbons (Fsp3) is 0.611. The summed E-state index contributed by atoms with van der Waals surface area (Å²) in [6.45, 7) is 1.09. The van der Waals surface area contributed by atoms with E-state index in [1.54, 1.807) is 11.8 Å². The van der Waals surface area contributed by atoms with Crippen LogP contribution in [0.2, 0.25) is 5.02 Å². The molecule has 1 aliphatic carbocycles. The van der Waals surface area contributed by atoms with E-state index in [4.69, 9.17) is 11.6 Å². The number of piperidine rings is 1. The van der Waals surface area contributed by atoms with E-state index >= 15 is 0 Å². The lowest BCUT2D eigenvalue weighted by molar-refractivity contribution is -0.113. The van der Waals surface area contributed by atoms with E-state index in [-0.39, 0.29) is 10.8 Å². The van der Waals surface area contributed by atoms with Gasteiger partial charge in [0.1, 0.15) is 0 Å². The Balaban J connectivity index is 1.67. The van der Waals surface area contributed by atoms with Gasteiger partial charge in [-0.05, 0) is 43.9 Å². The molecule has 2 aliphatic rings. The van der Waals surface area contributed by atoms with Crippen molar-refractivity contribution in [3.05, 3.63) is 23.2 Å². The third-order valence-electron chi connectivity index (χ3n) is 4.92. The molecule has 1 saturated carbocycles. The molecule has 0 radical (unpaired) electrons. The summed E-state index contributed by atoms with van der Waals surface area (Å²) in [6.07, 6.45) is 7.64. The van der Waals surface area contributed by atoms with Crippen LogP contribution in [0, 0.1) is 0 Å². The highest BCUT2D eigenvalue weighted by atomic mass is 35.5. The second kappa shape index (κ2) is 8.95. The Morgan fingerprint density at radius 2 is 1.85 bits per heavy atom. The number of amides is 1. The minimum absolute atomic E-state index is 0.142. The second-order valence-corrected chi connectivity index (χ2v) is 10.5. The Morgan fingerprint density at radius 1 is 1.15 bits per heavy atom. The van der Waals surface area contributed by atoms with Crippen molar-refractivity contribution in [1.82, 2.24) is 4.31 Å². The number of carbonyl (C=O) groups is 1. The molecule has 1 aliphatic heterocycles. The number of rotatable bonds is 6. The molecule has 1 N–H and O–H groups in total. The van der Waals surface area contributed by atoms with Crippen LogP contribution >= 0.6 is 23.4 Å². The van der Waals surface area contributed by atoms with Gasteiger partial charge in [-0.1, -0.05) is 30.9 Å². The summed E-state index contributed by atoms with van der Waals surface area (Å²) >= 11 is 7.84. The van der Waals surface area contributed by atoms with Gasteiger partial charge in [-0.3, -0.25) is 4.79 Å². The molecule has 8 heteroatoms. The third-order valence-corrected chi connectivity index (χ3v) is 8.51. The van der Waals surface area contributed by atoms with Crippen molar-refractivity contribution in [3.8, 4) is 0 Å². The van der Waals surface area contributed by atoms with Crippen LogP contribution in [0.3, 0.4) is 0 Å². The summed E-state index contributed by atoms with van der Waals surface area (Å²) in [6, 6.07) is 4.53. The van der Waals surface area contributed by atoms with E-state index in [1.807, 2.05) is 0 Å². The Morgan fingerprint density at radius 3 is 2.54 bits per heavy atom. The summed E-state index contributed by atoms with van der Waals surface area (Å²) in [5.74, 6) is 0.223. The molecule has 2 fully saturated rings. The Hall–Kier alpha value is -0.760. The fourth-order valence-corrected chi connectivity index (χ4v) is 6.28. The molecule has 1 aromatic carbocycles. The predicted molar refractivity (Wildman–Crippen MR) is 107 cm³/mol. The number of nitrogens with zero attached hydrogens (tertiary/aromatic N) is 1. The molecule has 0 atom stereocenters. The van der Waals surface area contributed by atoms with Crippen LogP contribution in [0.4, 0.5) is 5.69 Å². The first-order chi connectivity index (χ1) is 12.5. The highest BCUT2D eigenvalue weighted by molar-refractivity contribution is 8.00. The first kappa shape index (κ1) is 20.0. The van der Waals surface area contributed by atoms with Crippen molar-refractivity contribution in [3.63, 3.8) is 0 Å². The van der Waals surface area contributed by atoms with Crippen LogP contribution < -0.4 is 5.32 Å². The van der Waals surface area contributed by atoms with E-state index in [1.165, 1.54) is 48.2 Å². The van der Waals surface area contributed by atoms with E-state index < -0.39 is 10.0 Å². The lowest BCUT2D eigenvalue weighted by atomic mass is 10.2. The number of benzene rings is 1. The SMILES string of the molecule is O=C(CSC1CCCC1)Nc1cc(S(=O)(=O)N2CCCCC2)ccc1Cl. The van der Waals surface area contributed by atoms with Crippen LogP contribution in [0.15, 0.2) is 23.1 Å². The maximum absolute atomic E-state index is 12.8. The number of sulfonamides is 1. The zero-order valence-corrected chi connectivity index (χ0v) is 17.1. The van der Waals surface area contributed by atoms with Gasteiger partial charge in [-0.2, -0.15) is 4.31 Å². The molecule has 26 heavy (non-hydrogen) atoms. The maximum Gasteiger partial charge on any atom is 0.243 e. The summed E-state index contributed by atoms with van der Waals surface area (Å²) in [7, 11) is -3.54. The molecule has 0 spiro atoms. The number of hydrogen-bond donors (Lipinski definition) is 1. The van der Waals surface area contributed by atoms with Gasteiger partial charge in [0.05, 0.1) is 21.4 Å². The average Bonchev–Trinajstić information content (AvgIpc) is 3.16. The molecule has 144 valence electrons. The van der Waals surface area contributed by atoms with E-state index in [9.17, 15) is 13.2 Å². The number of hydrogen-bond acceptors (Lipinski definition) is 4. The van der Waals surface area contributed by atoms with Gasteiger partial charge in [0.25, 0.3) is 0 Å². The summed E-state index contributed by atoms with van der Waals surface area (Å²) < 4.78 is 27.1. The van der Waals surface area contributed by atoms with Crippen LogP contribution in [0.1, 0.15) is 44.9 Å². The van der Waals surface area contributed by atoms with Crippen LogP contribution in [-0.4, -0.2) is 42.7 Å². The molecular weight excluding hydrogens is 392 g/mol. The number of halogens is 1. The maximum atomic E-state index is 12.8. The van der Waals surface area contributed by atoms with Gasteiger partial charge in [0.2, 0.25) is 15.9 Å². The van der Waals surface area contributed by atoms with E-state index in [0.29, 0.717) is 34.8 Å². The lowest BCUT2D eigenvalue weighted by Crippen LogP contribution is -2.35. The van der Waals surface area contributed by atoms with Crippen LogP contribution in [-0.2, 0) is 14.8 Å². The minimum atomic E-state index is -3.54. The van der Waals surface area contributed by atoms with Gasteiger partial charge >= 0.3 is 0 Å². The zero-order valence-electron chi connectivity index (χ0n) is 14.7. The van der Waals surface area contributed by atoms with Crippen molar-refractivity contribution in [2.45, 2.75) is 55.1 Å². The monoisotopic (exact) mass is 416 g/mol. The quantitative estimate of drug-likeness (QED) is 0.757.